The number of rotatable bonds is 9. The molecule has 0 spiro atoms. The van der Waals surface area contributed by atoms with E-state index >= 15 is 0 Å². The largest absolute Gasteiger partial charge is 0.490 e. The van der Waals surface area contributed by atoms with Crippen LogP contribution < -0.4 is 9.47 Å². The van der Waals surface area contributed by atoms with Crippen molar-refractivity contribution in [2.75, 3.05) is 0 Å². The molecule has 0 heterocycles. The minimum atomic E-state index is -1.06. The topological polar surface area (TPSA) is 79.5 Å². The van der Waals surface area contributed by atoms with Gasteiger partial charge in [-0.15, -0.1) is 0 Å². The summed E-state index contributed by atoms with van der Waals surface area (Å²) >= 11 is 0. The smallest absolute Gasteiger partial charge is 0.312 e. The second-order valence-electron chi connectivity index (χ2n) is 8.05. The zero-order valence-electron chi connectivity index (χ0n) is 18.4. The van der Waals surface area contributed by atoms with Gasteiger partial charge in [0.1, 0.15) is 23.2 Å². The van der Waals surface area contributed by atoms with Crippen LogP contribution >= 0.6 is 0 Å². The molecule has 3 rings (SSSR count). The van der Waals surface area contributed by atoms with Crippen LogP contribution in [0, 0.1) is 17.2 Å². The molecule has 1 N–H and O–H groups in total. The Kier molecular flexibility index (Phi) is 7.51. The summed E-state index contributed by atoms with van der Waals surface area (Å²) < 4.78 is 11.7. The van der Waals surface area contributed by atoms with Crippen molar-refractivity contribution in [1.29, 1.82) is 5.26 Å². The number of benzene rings is 3. The van der Waals surface area contributed by atoms with Gasteiger partial charge in [-0.2, -0.15) is 5.26 Å². The third-order valence-corrected chi connectivity index (χ3v) is 5.43. The van der Waals surface area contributed by atoms with E-state index in [9.17, 15) is 15.2 Å². The number of carbonyl (C=O) groups is 1. The van der Waals surface area contributed by atoms with E-state index in [1.165, 1.54) is 0 Å². The summed E-state index contributed by atoms with van der Waals surface area (Å²) in [5.41, 5.74) is 1.13. The van der Waals surface area contributed by atoms with Gasteiger partial charge < -0.3 is 14.6 Å². The Labute approximate surface area is 188 Å². The van der Waals surface area contributed by atoms with Crippen molar-refractivity contribution in [3.05, 3.63) is 90.0 Å². The van der Waals surface area contributed by atoms with E-state index in [-0.39, 0.29) is 6.10 Å². The van der Waals surface area contributed by atoms with Crippen LogP contribution in [0.4, 0.5) is 0 Å². The molecule has 0 fully saturated rings. The Bertz CT molecular complexity index is 1070. The fourth-order valence-electron chi connectivity index (χ4n) is 3.32. The molecular formula is C27H27NO4. The summed E-state index contributed by atoms with van der Waals surface area (Å²) in [7, 11) is 0. The van der Waals surface area contributed by atoms with Gasteiger partial charge in [-0.25, -0.2) is 0 Å². The zero-order chi connectivity index (χ0) is 23.1. The molecule has 0 saturated carbocycles. The summed E-state index contributed by atoms with van der Waals surface area (Å²) in [6, 6.07) is 25.4. The summed E-state index contributed by atoms with van der Waals surface area (Å²) in [5, 5.41) is 19.9. The van der Waals surface area contributed by atoms with E-state index in [1.807, 2.05) is 37.3 Å². The maximum Gasteiger partial charge on any atom is 0.312 e. The second-order valence-corrected chi connectivity index (χ2v) is 8.05. The van der Waals surface area contributed by atoms with Crippen LogP contribution in [0.15, 0.2) is 78.9 Å². The second kappa shape index (κ2) is 10.5. The first kappa shape index (κ1) is 22.9. The molecule has 0 bridgehead atoms. The quantitative estimate of drug-likeness (QED) is 0.427. The molecule has 0 aliphatic rings. The Morgan fingerprint density at radius 2 is 1.50 bits per heavy atom. The Morgan fingerprint density at radius 1 is 0.844 bits per heavy atom. The standard InChI is InChI=1S/C27H27NO4/c1-18(2)19(3)31-23-14-12-20(13-15-23)26(27(29)30)25(17-28)21-8-7-11-24(16-21)32-22-9-5-4-6-10-22/h4-16,18-19,25-26H,1-3H3,(H,29,30). The van der Waals surface area contributed by atoms with Crippen molar-refractivity contribution >= 4 is 5.97 Å². The van der Waals surface area contributed by atoms with Crippen molar-refractivity contribution < 1.29 is 19.4 Å². The molecule has 0 saturated heterocycles. The summed E-state index contributed by atoms with van der Waals surface area (Å²) in [4.78, 5) is 12.2. The molecule has 0 amide bonds. The Balaban J connectivity index is 1.86. The van der Waals surface area contributed by atoms with Crippen LogP contribution in [0.25, 0.3) is 0 Å². The van der Waals surface area contributed by atoms with Gasteiger partial charge in [-0.3, -0.25) is 4.79 Å². The number of carboxylic acid groups (broad SMARTS) is 1. The molecule has 5 heteroatoms. The van der Waals surface area contributed by atoms with Crippen LogP contribution in [-0.2, 0) is 4.79 Å². The van der Waals surface area contributed by atoms with Crippen LogP contribution in [-0.4, -0.2) is 17.2 Å². The van der Waals surface area contributed by atoms with Gasteiger partial charge in [-0.05, 0) is 60.4 Å². The first-order valence-corrected chi connectivity index (χ1v) is 10.6. The van der Waals surface area contributed by atoms with Gasteiger partial charge in [0.05, 0.1) is 18.1 Å². The monoisotopic (exact) mass is 429 g/mol. The van der Waals surface area contributed by atoms with Crippen molar-refractivity contribution in [3.63, 3.8) is 0 Å². The van der Waals surface area contributed by atoms with Gasteiger partial charge in [0, 0.05) is 0 Å². The summed E-state index contributed by atoms with van der Waals surface area (Å²) in [6.07, 6.45) is 0.0373. The van der Waals surface area contributed by atoms with Crippen LogP contribution in [0.1, 0.15) is 43.7 Å². The van der Waals surface area contributed by atoms with Crippen molar-refractivity contribution in [2.24, 2.45) is 5.92 Å². The number of nitrogens with zero attached hydrogens (tertiary/aromatic N) is 1. The molecule has 0 aromatic heterocycles. The molecule has 3 atom stereocenters. The minimum absolute atomic E-state index is 0.0373. The average Bonchev–Trinajstić information content (AvgIpc) is 2.78. The molecule has 3 aromatic carbocycles. The van der Waals surface area contributed by atoms with Gasteiger partial charge in [0.2, 0.25) is 0 Å². The lowest BCUT2D eigenvalue weighted by molar-refractivity contribution is -0.139. The molecule has 0 aliphatic carbocycles. The van der Waals surface area contributed by atoms with E-state index in [0.717, 1.165) is 0 Å². The summed E-state index contributed by atoms with van der Waals surface area (Å²) in [6.45, 7) is 6.15. The predicted octanol–water partition coefficient (Wildman–Crippen LogP) is 6.38. The van der Waals surface area contributed by atoms with Crippen LogP contribution in [0.2, 0.25) is 0 Å². The molecule has 5 nitrogen and oxygen atoms in total. The summed E-state index contributed by atoms with van der Waals surface area (Å²) in [5.74, 6) is -0.726. The highest BCUT2D eigenvalue weighted by Crippen LogP contribution is 2.36. The first-order valence-electron chi connectivity index (χ1n) is 10.6. The Morgan fingerprint density at radius 3 is 2.09 bits per heavy atom. The number of para-hydroxylation sites is 1. The van der Waals surface area contributed by atoms with Crippen molar-refractivity contribution in [3.8, 4) is 23.3 Å². The maximum atomic E-state index is 12.2. The van der Waals surface area contributed by atoms with E-state index < -0.39 is 17.8 Å². The molecule has 164 valence electrons. The van der Waals surface area contributed by atoms with Crippen LogP contribution in [0.5, 0.6) is 17.2 Å². The minimum Gasteiger partial charge on any atom is -0.490 e. The highest BCUT2D eigenvalue weighted by Gasteiger charge is 2.31. The number of ether oxygens (including phenoxy) is 2. The predicted molar refractivity (Wildman–Crippen MR) is 123 cm³/mol. The van der Waals surface area contributed by atoms with Gasteiger partial charge in [0.25, 0.3) is 0 Å². The normalized spacial score (nSPS) is 13.6. The van der Waals surface area contributed by atoms with Crippen LogP contribution in [0.3, 0.4) is 0 Å². The maximum absolute atomic E-state index is 12.2. The SMILES string of the molecule is CC(C)C(C)Oc1ccc(C(C(=O)O)C(C#N)c2cccc(Oc3ccccc3)c2)cc1. The van der Waals surface area contributed by atoms with E-state index in [2.05, 4.69) is 19.9 Å². The van der Waals surface area contributed by atoms with Gasteiger partial charge >= 0.3 is 5.97 Å². The van der Waals surface area contributed by atoms with Gasteiger partial charge in [0.15, 0.2) is 0 Å². The average molecular weight is 430 g/mol. The number of hydrogen-bond donors (Lipinski definition) is 1. The zero-order valence-corrected chi connectivity index (χ0v) is 18.4. The molecule has 32 heavy (non-hydrogen) atoms. The third-order valence-electron chi connectivity index (χ3n) is 5.43. The molecule has 3 aromatic rings. The Hall–Kier alpha value is -3.78. The van der Waals surface area contributed by atoms with E-state index in [0.29, 0.717) is 34.3 Å². The highest BCUT2D eigenvalue weighted by atomic mass is 16.5. The number of nitriles is 1. The molecular weight excluding hydrogens is 402 g/mol. The fraction of sp³-hybridized carbons (Fsp3) is 0.259. The highest BCUT2D eigenvalue weighted by molar-refractivity contribution is 5.78. The lowest BCUT2D eigenvalue weighted by Crippen LogP contribution is -2.20. The van der Waals surface area contributed by atoms with Gasteiger partial charge in [-0.1, -0.05) is 56.3 Å². The molecule has 3 unspecified atom stereocenters. The lowest BCUT2D eigenvalue weighted by Gasteiger charge is -2.21. The molecule has 0 aliphatic heterocycles. The third kappa shape index (κ3) is 5.67. The molecule has 0 radical (unpaired) electrons. The lowest BCUT2D eigenvalue weighted by atomic mass is 9.82. The first-order chi connectivity index (χ1) is 15.4. The fourth-order valence-corrected chi connectivity index (χ4v) is 3.32. The van der Waals surface area contributed by atoms with E-state index in [4.69, 9.17) is 9.47 Å². The number of aliphatic carboxylic acids is 1. The van der Waals surface area contributed by atoms with E-state index in [1.54, 1.807) is 48.5 Å². The number of carboxylic acids is 1. The van der Waals surface area contributed by atoms with Crippen molar-refractivity contribution in [2.45, 2.75) is 38.7 Å². The number of hydrogen-bond acceptors (Lipinski definition) is 4. The van der Waals surface area contributed by atoms with Crippen molar-refractivity contribution in [1.82, 2.24) is 0 Å².